The minimum Gasteiger partial charge on any atom is -0.481 e. The highest BCUT2D eigenvalue weighted by molar-refractivity contribution is 6.29. The second-order valence-corrected chi connectivity index (χ2v) is 4.09. The Morgan fingerprint density at radius 1 is 1.57 bits per heavy atom. The second kappa shape index (κ2) is 3.41. The van der Waals surface area contributed by atoms with Crippen LogP contribution in [0.5, 0.6) is 5.88 Å². The monoisotopic (exact) mass is 213 g/mol. The SMILES string of the molecule is COc1nc(Cl)ccc1CC1(O)CC1. The summed E-state index contributed by atoms with van der Waals surface area (Å²) in [4.78, 5) is 4.04. The van der Waals surface area contributed by atoms with E-state index in [1.807, 2.05) is 6.07 Å². The van der Waals surface area contributed by atoms with Crippen LogP contribution in [0, 0.1) is 0 Å². The van der Waals surface area contributed by atoms with Gasteiger partial charge in [0, 0.05) is 12.0 Å². The highest BCUT2D eigenvalue weighted by Gasteiger charge is 2.40. The van der Waals surface area contributed by atoms with Crippen molar-refractivity contribution in [2.75, 3.05) is 7.11 Å². The third kappa shape index (κ3) is 1.99. The molecule has 2 rings (SSSR count). The van der Waals surface area contributed by atoms with Crippen molar-refractivity contribution in [3.63, 3.8) is 0 Å². The van der Waals surface area contributed by atoms with Gasteiger partial charge in [0.1, 0.15) is 5.15 Å². The molecule has 1 saturated carbocycles. The molecule has 1 aliphatic carbocycles. The molecule has 4 heteroatoms. The Labute approximate surface area is 87.7 Å². The van der Waals surface area contributed by atoms with Gasteiger partial charge in [-0.25, -0.2) is 4.98 Å². The minimum absolute atomic E-state index is 0.411. The van der Waals surface area contributed by atoms with Crippen molar-refractivity contribution >= 4 is 11.6 Å². The first kappa shape index (κ1) is 9.74. The summed E-state index contributed by atoms with van der Waals surface area (Å²) in [5.74, 6) is 0.512. The van der Waals surface area contributed by atoms with Gasteiger partial charge in [-0.15, -0.1) is 0 Å². The van der Waals surface area contributed by atoms with Gasteiger partial charge in [0.15, 0.2) is 0 Å². The molecule has 0 aliphatic heterocycles. The molecule has 1 heterocycles. The normalized spacial score (nSPS) is 17.9. The topological polar surface area (TPSA) is 42.4 Å². The molecule has 76 valence electrons. The van der Waals surface area contributed by atoms with Crippen molar-refractivity contribution in [1.82, 2.24) is 4.98 Å². The smallest absolute Gasteiger partial charge is 0.217 e. The van der Waals surface area contributed by atoms with Gasteiger partial charge in [-0.1, -0.05) is 17.7 Å². The summed E-state index contributed by atoms with van der Waals surface area (Å²) in [6.45, 7) is 0. The molecular weight excluding hydrogens is 202 g/mol. The molecule has 0 aromatic carbocycles. The van der Waals surface area contributed by atoms with Gasteiger partial charge in [0.05, 0.1) is 12.7 Å². The van der Waals surface area contributed by atoms with Crippen LogP contribution >= 0.6 is 11.6 Å². The first-order chi connectivity index (χ1) is 6.63. The Kier molecular flexibility index (Phi) is 2.37. The summed E-state index contributed by atoms with van der Waals surface area (Å²) in [5.41, 5.74) is 0.389. The standard InChI is InChI=1S/C10H12ClNO2/c1-14-9-7(2-3-8(11)12-9)6-10(13)4-5-10/h2-3,13H,4-6H2,1H3. The van der Waals surface area contributed by atoms with Gasteiger partial charge in [-0.05, 0) is 18.9 Å². The molecule has 1 aliphatic rings. The molecule has 0 amide bonds. The highest BCUT2D eigenvalue weighted by Crippen LogP contribution is 2.39. The van der Waals surface area contributed by atoms with E-state index in [4.69, 9.17) is 16.3 Å². The van der Waals surface area contributed by atoms with Gasteiger partial charge in [0.25, 0.3) is 0 Å². The first-order valence-electron chi connectivity index (χ1n) is 4.55. The van der Waals surface area contributed by atoms with Crippen LogP contribution < -0.4 is 4.74 Å². The third-order valence-corrected chi connectivity index (χ3v) is 2.66. The van der Waals surface area contributed by atoms with Crippen LogP contribution in [0.15, 0.2) is 12.1 Å². The molecular formula is C10H12ClNO2. The van der Waals surface area contributed by atoms with E-state index in [0.717, 1.165) is 18.4 Å². The molecule has 0 spiro atoms. The number of aliphatic hydroxyl groups is 1. The molecule has 14 heavy (non-hydrogen) atoms. The van der Waals surface area contributed by atoms with E-state index in [0.29, 0.717) is 17.5 Å². The summed E-state index contributed by atoms with van der Waals surface area (Å²) >= 11 is 5.73. The van der Waals surface area contributed by atoms with E-state index < -0.39 is 5.60 Å². The van der Waals surface area contributed by atoms with E-state index in [1.165, 1.54) is 0 Å². The molecule has 3 nitrogen and oxygen atoms in total. The summed E-state index contributed by atoms with van der Waals surface area (Å²) in [6, 6.07) is 3.57. The number of nitrogens with zero attached hydrogens (tertiary/aromatic N) is 1. The van der Waals surface area contributed by atoms with Crippen molar-refractivity contribution in [1.29, 1.82) is 0 Å². The lowest BCUT2D eigenvalue weighted by molar-refractivity contribution is 0.149. The largest absolute Gasteiger partial charge is 0.481 e. The fourth-order valence-electron chi connectivity index (χ4n) is 1.43. The maximum atomic E-state index is 9.76. The zero-order valence-corrected chi connectivity index (χ0v) is 8.71. The van der Waals surface area contributed by atoms with Gasteiger partial charge < -0.3 is 9.84 Å². The van der Waals surface area contributed by atoms with Crippen molar-refractivity contribution < 1.29 is 9.84 Å². The molecule has 1 aromatic rings. The lowest BCUT2D eigenvalue weighted by Gasteiger charge is -2.10. The number of methoxy groups -OCH3 is 1. The van der Waals surface area contributed by atoms with Crippen LogP contribution in [0.4, 0.5) is 0 Å². The number of ether oxygens (including phenoxy) is 1. The van der Waals surface area contributed by atoms with Crippen molar-refractivity contribution in [3.8, 4) is 5.88 Å². The predicted octanol–water partition coefficient (Wildman–Crippen LogP) is 1.81. The maximum absolute atomic E-state index is 9.76. The van der Waals surface area contributed by atoms with Crippen molar-refractivity contribution in [2.24, 2.45) is 0 Å². The summed E-state index contributed by atoms with van der Waals surface area (Å²) in [5, 5.41) is 10.2. The average Bonchev–Trinajstić information content (AvgIpc) is 2.87. The van der Waals surface area contributed by atoms with Crippen LogP contribution in [0.2, 0.25) is 5.15 Å². The zero-order valence-electron chi connectivity index (χ0n) is 7.96. The van der Waals surface area contributed by atoms with E-state index in [9.17, 15) is 5.11 Å². The maximum Gasteiger partial charge on any atom is 0.217 e. The number of aromatic nitrogens is 1. The molecule has 0 unspecified atom stereocenters. The average molecular weight is 214 g/mol. The lowest BCUT2D eigenvalue weighted by atomic mass is 10.1. The van der Waals surface area contributed by atoms with E-state index >= 15 is 0 Å². The van der Waals surface area contributed by atoms with Crippen molar-refractivity contribution in [3.05, 3.63) is 22.8 Å². The Balaban J connectivity index is 2.23. The summed E-state index contributed by atoms with van der Waals surface area (Å²) < 4.78 is 5.09. The molecule has 0 radical (unpaired) electrons. The summed E-state index contributed by atoms with van der Waals surface area (Å²) in [7, 11) is 1.55. The Morgan fingerprint density at radius 2 is 2.29 bits per heavy atom. The van der Waals surface area contributed by atoms with Crippen molar-refractivity contribution in [2.45, 2.75) is 24.9 Å². The molecule has 1 aromatic heterocycles. The van der Waals surface area contributed by atoms with Crippen LogP contribution in [-0.2, 0) is 6.42 Å². The predicted molar refractivity (Wildman–Crippen MR) is 53.7 cm³/mol. The number of rotatable bonds is 3. The molecule has 0 bridgehead atoms. The number of hydrogen-bond donors (Lipinski definition) is 1. The minimum atomic E-state index is -0.525. The first-order valence-corrected chi connectivity index (χ1v) is 4.93. The molecule has 0 atom stereocenters. The van der Waals surface area contributed by atoms with Crippen LogP contribution in [-0.4, -0.2) is 22.8 Å². The van der Waals surface area contributed by atoms with Crippen LogP contribution in [0.25, 0.3) is 0 Å². The lowest BCUT2D eigenvalue weighted by Crippen LogP contribution is -2.12. The van der Waals surface area contributed by atoms with E-state index in [-0.39, 0.29) is 0 Å². The number of pyridine rings is 1. The third-order valence-electron chi connectivity index (χ3n) is 2.45. The molecule has 1 fully saturated rings. The fourth-order valence-corrected chi connectivity index (χ4v) is 1.57. The summed E-state index contributed by atoms with van der Waals surface area (Å²) in [6.07, 6.45) is 2.32. The van der Waals surface area contributed by atoms with Crippen LogP contribution in [0.1, 0.15) is 18.4 Å². The Hall–Kier alpha value is -0.800. The zero-order chi connectivity index (χ0) is 10.2. The second-order valence-electron chi connectivity index (χ2n) is 3.70. The fraction of sp³-hybridized carbons (Fsp3) is 0.500. The van der Waals surface area contributed by atoms with Gasteiger partial charge in [0.2, 0.25) is 5.88 Å². The van der Waals surface area contributed by atoms with Crippen LogP contribution in [0.3, 0.4) is 0 Å². The van der Waals surface area contributed by atoms with Gasteiger partial charge in [-0.2, -0.15) is 0 Å². The quantitative estimate of drug-likeness (QED) is 0.779. The Morgan fingerprint density at radius 3 is 2.86 bits per heavy atom. The molecule has 1 N–H and O–H groups in total. The Bertz CT molecular complexity index is 350. The van der Waals surface area contributed by atoms with Gasteiger partial charge in [-0.3, -0.25) is 0 Å². The number of halogens is 1. The van der Waals surface area contributed by atoms with E-state index in [2.05, 4.69) is 4.98 Å². The highest BCUT2D eigenvalue weighted by atomic mass is 35.5. The molecule has 0 saturated heterocycles. The van der Waals surface area contributed by atoms with Gasteiger partial charge >= 0.3 is 0 Å². The van der Waals surface area contributed by atoms with E-state index in [1.54, 1.807) is 13.2 Å². The number of hydrogen-bond acceptors (Lipinski definition) is 3.